The van der Waals surface area contributed by atoms with Crippen molar-refractivity contribution in [3.8, 4) is 0 Å². The molecule has 0 bridgehead atoms. The summed E-state index contributed by atoms with van der Waals surface area (Å²) in [6.07, 6.45) is 0.405. The summed E-state index contributed by atoms with van der Waals surface area (Å²) in [6, 6.07) is 9.57. The number of benzene rings is 1. The van der Waals surface area contributed by atoms with E-state index in [1.54, 1.807) is 16.2 Å². The van der Waals surface area contributed by atoms with E-state index in [4.69, 9.17) is 11.6 Å². The van der Waals surface area contributed by atoms with Gasteiger partial charge in [-0.25, -0.2) is 4.98 Å². The molecule has 25 heavy (non-hydrogen) atoms. The Kier molecular flexibility index (Phi) is 7.22. The number of nitrogens with zero attached hydrogens (tertiary/aromatic N) is 3. The molecule has 1 amide bonds. The van der Waals surface area contributed by atoms with Crippen molar-refractivity contribution in [3.05, 3.63) is 45.6 Å². The first-order chi connectivity index (χ1) is 11.5. The van der Waals surface area contributed by atoms with Crippen LogP contribution in [0, 0.1) is 0 Å². The average molecular weight is 416 g/mol. The number of aromatic nitrogens is 1. The van der Waals surface area contributed by atoms with E-state index in [2.05, 4.69) is 9.88 Å². The fourth-order valence-electron chi connectivity index (χ4n) is 2.29. The van der Waals surface area contributed by atoms with E-state index in [0.29, 0.717) is 18.0 Å². The summed E-state index contributed by atoms with van der Waals surface area (Å²) in [6.45, 7) is 1.40. The number of carbonyl (C=O) groups excluding carboxylic acids is 1. The number of rotatable bonds is 6. The number of thiophene rings is 1. The standard InChI is InChI=1S/C17H18ClN3OS2.ClH/c1-20(2)7-8-21(16(22)11-13-4-3-9-23-13)17-19-14-6-5-12(18)10-15(14)24-17;/h3-6,9-10H,7-8,11H2,1-2H3;1H. The lowest BCUT2D eigenvalue weighted by Crippen LogP contribution is -2.37. The van der Waals surface area contributed by atoms with Crippen LogP contribution in [0.5, 0.6) is 0 Å². The lowest BCUT2D eigenvalue weighted by Gasteiger charge is -2.21. The molecule has 0 atom stereocenters. The summed E-state index contributed by atoms with van der Waals surface area (Å²) in [4.78, 5) is 22.4. The Balaban J connectivity index is 0.00000225. The zero-order valence-electron chi connectivity index (χ0n) is 13.9. The highest BCUT2D eigenvalue weighted by Gasteiger charge is 2.20. The van der Waals surface area contributed by atoms with Gasteiger partial charge in [-0.1, -0.05) is 29.0 Å². The highest BCUT2D eigenvalue weighted by atomic mass is 35.5. The van der Waals surface area contributed by atoms with E-state index in [1.807, 2.05) is 49.8 Å². The van der Waals surface area contributed by atoms with Crippen molar-refractivity contribution in [1.29, 1.82) is 0 Å². The van der Waals surface area contributed by atoms with Crippen LogP contribution in [0.3, 0.4) is 0 Å². The number of amides is 1. The monoisotopic (exact) mass is 415 g/mol. The molecular formula is C17H19Cl2N3OS2. The smallest absolute Gasteiger partial charge is 0.234 e. The first-order valence-corrected chi connectivity index (χ1v) is 9.64. The van der Waals surface area contributed by atoms with Crippen molar-refractivity contribution in [2.24, 2.45) is 0 Å². The van der Waals surface area contributed by atoms with Gasteiger partial charge in [0.2, 0.25) is 5.91 Å². The molecule has 0 N–H and O–H groups in total. The van der Waals surface area contributed by atoms with Crippen LogP contribution in [-0.2, 0) is 11.2 Å². The maximum Gasteiger partial charge on any atom is 0.234 e. The molecule has 3 rings (SSSR count). The van der Waals surface area contributed by atoms with E-state index in [1.165, 1.54) is 11.3 Å². The van der Waals surface area contributed by atoms with Crippen LogP contribution < -0.4 is 4.90 Å². The first-order valence-electron chi connectivity index (χ1n) is 7.56. The van der Waals surface area contributed by atoms with Crippen molar-refractivity contribution in [2.75, 3.05) is 32.1 Å². The molecule has 134 valence electrons. The van der Waals surface area contributed by atoms with Gasteiger partial charge in [0.15, 0.2) is 5.13 Å². The number of halogens is 2. The van der Waals surface area contributed by atoms with E-state index >= 15 is 0 Å². The number of likely N-dealkylation sites (N-methyl/N-ethyl adjacent to an activating group) is 1. The number of fused-ring (bicyclic) bond motifs is 1. The van der Waals surface area contributed by atoms with Crippen LogP contribution in [-0.4, -0.2) is 43.0 Å². The largest absolute Gasteiger partial charge is 0.308 e. The molecule has 0 spiro atoms. The SMILES string of the molecule is CN(C)CCN(C(=O)Cc1cccs1)c1nc2ccc(Cl)cc2s1.Cl. The van der Waals surface area contributed by atoms with E-state index in [0.717, 1.165) is 26.8 Å². The van der Waals surface area contributed by atoms with Gasteiger partial charge in [0.25, 0.3) is 0 Å². The predicted octanol–water partition coefficient (Wildman–Crippen LogP) is 4.57. The summed E-state index contributed by atoms with van der Waals surface area (Å²) in [5.74, 6) is 0.0736. The molecular weight excluding hydrogens is 397 g/mol. The van der Waals surface area contributed by atoms with Crippen LogP contribution in [0.25, 0.3) is 10.2 Å². The third-order valence-electron chi connectivity index (χ3n) is 3.55. The summed E-state index contributed by atoms with van der Waals surface area (Å²) in [5.41, 5.74) is 0.873. The lowest BCUT2D eigenvalue weighted by molar-refractivity contribution is -0.118. The molecule has 0 aliphatic rings. The van der Waals surface area contributed by atoms with Gasteiger partial charge in [-0.05, 0) is 43.7 Å². The molecule has 0 unspecified atom stereocenters. The van der Waals surface area contributed by atoms with Crippen molar-refractivity contribution in [2.45, 2.75) is 6.42 Å². The Morgan fingerprint density at radius 2 is 2.04 bits per heavy atom. The van der Waals surface area contributed by atoms with Crippen molar-refractivity contribution >= 4 is 67.9 Å². The normalized spacial score (nSPS) is 10.9. The summed E-state index contributed by atoms with van der Waals surface area (Å²) in [7, 11) is 4.00. The maximum absolute atomic E-state index is 12.8. The van der Waals surface area contributed by atoms with Gasteiger partial charge in [-0.2, -0.15) is 0 Å². The number of hydrogen-bond donors (Lipinski definition) is 0. The zero-order valence-corrected chi connectivity index (χ0v) is 17.1. The molecule has 1 aromatic carbocycles. The third-order valence-corrected chi connectivity index (χ3v) is 5.70. The Morgan fingerprint density at radius 1 is 1.24 bits per heavy atom. The fourth-order valence-corrected chi connectivity index (χ4v) is 4.27. The van der Waals surface area contributed by atoms with Crippen molar-refractivity contribution < 1.29 is 4.79 Å². The van der Waals surface area contributed by atoms with Crippen LogP contribution in [0.15, 0.2) is 35.7 Å². The molecule has 0 saturated heterocycles. The highest BCUT2D eigenvalue weighted by Crippen LogP contribution is 2.31. The number of carbonyl (C=O) groups is 1. The molecule has 4 nitrogen and oxygen atoms in total. The van der Waals surface area contributed by atoms with Crippen molar-refractivity contribution in [3.63, 3.8) is 0 Å². The topological polar surface area (TPSA) is 36.4 Å². The second-order valence-corrected chi connectivity index (χ2v) is 8.19. The zero-order chi connectivity index (χ0) is 17.1. The van der Waals surface area contributed by atoms with Gasteiger partial charge in [-0.15, -0.1) is 23.7 Å². The summed E-state index contributed by atoms with van der Waals surface area (Å²) < 4.78 is 0.997. The second-order valence-electron chi connectivity index (χ2n) is 5.71. The summed E-state index contributed by atoms with van der Waals surface area (Å²) in [5, 5.41) is 3.41. The van der Waals surface area contributed by atoms with Crippen LogP contribution in [0.4, 0.5) is 5.13 Å². The first kappa shape index (κ1) is 20.1. The molecule has 8 heteroatoms. The van der Waals surface area contributed by atoms with Crippen LogP contribution in [0.2, 0.25) is 5.02 Å². The number of anilines is 1. The quantitative estimate of drug-likeness (QED) is 0.591. The highest BCUT2D eigenvalue weighted by molar-refractivity contribution is 7.22. The van der Waals surface area contributed by atoms with Gasteiger partial charge in [0, 0.05) is 23.0 Å². The molecule has 0 saturated carbocycles. The Hall–Kier alpha value is -1.18. The van der Waals surface area contributed by atoms with E-state index in [-0.39, 0.29) is 18.3 Å². The van der Waals surface area contributed by atoms with Gasteiger partial charge in [0.1, 0.15) is 0 Å². The summed E-state index contributed by atoms with van der Waals surface area (Å²) >= 11 is 9.17. The molecule has 2 heterocycles. The fraction of sp³-hybridized carbons (Fsp3) is 0.294. The maximum atomic E-state index is 12.8. The molecule has 2 aromatic heterocycles. The lowest BCUT2D eigenvalue weighted by atomic mass is 10.3. The molecule has 0 fully saturated rings. The molecule has 0 radical (unpaired) electrons. The van der Waals surface area contributed by atoms with Crippen LogP contribution >= 0.6 is 46.7 Å². The second kappa shape index (κ2) is 8.96. The van der Waals surface area contributed by atoms with E-state index in [9.17, 15) is 4.79 Å². The number of hydrogen-bond acceptors (Lipinski definition) is 5. The van der Waals surface area contributed by atoms with Gasteiger partial charge < -0.3 is 4.90 Å². The molecule has 0 aliphatic carbocycles. The minimum Gasteiger partial charge on any atom is -0.308 e. The number of thiazole rings is 1. The minimum atomic E-state index is 0. The third kappa shape index (κ3) is 5.15. The van der Waals surface area contributed by atoms with Gasteiger partial charge in [0.05, 0.1) is 16.6 Å². The van der Waals surface area contributed by atoms with Crippen molar-refractivity contribution in [1.82, 2.24) is 9.88 Å². The van der Waals surface area contributed by atoms with Gasteiger partial charge >= 0.3 is 0 Å². The Bertz CT molecular complexity index is 834. The predicted molar refractivity (Wildman–Crippen MR) is 111 cm³/mol. The average Bonchev–Trinajstić information content (AvgIpc) is 3.16. The molecule has 0 aliphatic heterocycles. The minimum absolute atomic E-state index is 0. The van der Waals surface area contributed by atoms with E-state index < -0.39 is 0 Å². The Morgan fingerprint density at radius 3 is 2.72 bits per heavy atom. The Labute approximate surface area is 166 Å². The molecule has 3 aromatic rings. The van der Waals surface area contributed by atoms with Gasteiger partial charge in [-0.3, -0.25) is 9.69 Å². The van der Waals surface area contributed by atoms with Crippen LogP contribution in [0.1, 0.15) is 4.88 Å².